The first-order chi connectivity index (χ1) is 5.75. The quantitative estimate of drug-likeness (QED) is 0.682. The van der Waals surface area contributed by atoms with Crippen molar-refractivity contribution in [2.24, 2.45) is 12.8 Å². The van der Waals surface area contributed by atoms with Crippen LogP contribution in [0, 0.1) is 0 Å². The zero-order valence-corrected chi connectivity index (χ0v) is 7.40. The van der Waals surface area contributed by atoms with Crippen LogP contribution in [0.15, 0.2) is 6.20 Å². The third-order valence-electron chi connectivity index (χ3n) is 1.63. The molecule has 2 N–H and O–H groups in total. The van der Waals surface area contributed by atoms with Crippen LogP contribution >= 0.6 is 0 Å². The van der Waals surface area contributed by atoms with Crippen LogP contribution in [0.3, 0.4) is 0 Å². The van der Waals surface area contributed by atoms with Gasteiger partial charge in [-0.15, -0.1) is 5.10 Å². The Morgan fingerprint density at radius 3 is 3.00 bits per heavy atom. The minimum absolute atomic E-state index is 0.134. The second-order valence-corrected chi connectivity index (χ2v) is 2.55. The van der Waals surface area contributed by atoms with Crippen molar-refractivity contribution in [1.82, 2.24) is 15.0 Å². The number of nitrogens with zero attached hydrogens (tertiary/aromatic N) is 3. The van der Waals surface area contributed by atoms with Crippen molar-refractivity contribution < 1.29 is 4.74 Å². The summed E-state index contributed by atoms with van der Waals surface area (Å²) in [6.45, 7) is 3.13. The standard InChI is InChI=1S/C7H14N4O/c1-3-12-5-6(8)7-4-9-10-11(7)2/h4,6H,3,5,8H2,1-2H3. The predicted octanol–water partition coefficient (Wildman–Crippen LogP) is -0.149. The Bertz CT molecular complexity index is 235. The Kier molecular flexibility index (Phi) is 3.19. The van der Waals surface area contributed by atoms with E-state index >= 15 is 0 Å². The molecule has 0 radical (unpaired) electrons. The largest absolute Gasteiger partial charge is 0.380 e. The fraction of sp³-hybridized carbons (Fsp3) is 0.714. The molecule has 0 amide bonds. The van der Waals surface area contributed by atoms with Crippen molar-refractivity contribution in [3.8, 4) is 0 Å². The molecule has 1 atom stereocenters. The van der Waals surface area contributed by atoms with Gasteiger partial charge in [0.25, 0.3) is 0 Å². The van der Waals surface area contributed by atoms with E-state index in [1.54, 1.807) is 10.9 Å². The maximum atomic E-state index is 5.80. The van der Waals surface area contributed by atoms with E-state index in [1.165, 1.54) is 0 Å². The topological polar surface area (TPSA) is 66.0 Å². The van der Waals surface area contributed by atoms with Crippen LogP contribution in [0.1, 0.15) is 18.7 Å². The first kappa shape index (κ1) is 9.15. The second kappa shape index (κ2) is 4.18. The summed E-state index contributed by atoms with van der Waals surface area (Å²) in [5.41, 5.74) is 6.69. The maximum absolute atomic E-state index is 5.80. The Morgan fingerprint density at radius 1 is 1.75 bits per heavy atom. The van der Waals surface area contributed by atoms with Gasteiger partial charge in [-0.05, 0) is 6.92 Å². The van der Waals surface area contributed by atoms with Crippen LogP contribution in [-0.2, 0) is 11.8 Å². The van der Waals surface area contributed by atoms with Crippen molar-refractivity contribution in [3.05, 3.63) is 11.9 Å². The lowest BCUT2D eigenvalue weighted by Gasteiger charge is -2.10. The van der Waals surface area contributed by atoms with Gasteiger partial charge in [0, 0.05) is 13.7 Å². The normalized spacial score (nSPS) is 13.2. The van der Waals surface area contributed by atoms with E-state index in [0.29, 0.717) is 13.2 Å². The first-order valence-corrected chi connectivity index (χ1v) is 3.93. The summed E-state index contributed by atoms with van der Waals surface area (Å²) < 4.78 is 6.84. The van der Waals surface area contributed by atoms with Crippen LogP contribution < -0.4 is 5.73 Å². The number of aryl methyl sites for hydroxylation is 1. The average Bonchev–Trinajstić information content (AvgIpc) is 2.47. The van der Waals surface area contributed by atoms with Gasteiger partial charge in [0.2, 0.25) is 0 Å². The summed E-state index contributed by atoms with van der Waals surface area (Å²) in [7, 11) is 1.81. The molecule has 0 saturated carbocycles. The van der Waals surface area contributed by atoms with Crippen molar-refractivity contribution in [2.45, 2.75) is 13.0 Å². The summed E-state index contributed by atoms with van der Waals surface area (Å²) in [6.07, 6.45) is 1.66. The number of rotatable bonds is 4. The highest BCUT2D eigenvalue weighted by atomic mass is 16.5. The lowest BCUT2D eigenvalue weighted by Crippen LogP contribution is -2.20. The molecule has 0 aromatic carbocycles. The van der Waals surface area contributed by atoms with E-state index in [1.807, 2.05) is 14.0 Å². The number of aromatic nitrogens is 3. The minimum atomic E-state index is -0.134. The smallest absolute Gasteiger partial charge is 0.0774 e. The molecule has 0 aliphatic rings. The molecule has 1 aromatic rings. The molecule has 0 aliphatic carbocycles. The summed E-state index contributed by atoms with van der Waals surface area (Å²) in [5.74, 6) is 0. The molecular weight excluding hydrogens is 156 g/mol. The molecule has 0 fully saturated rings. The molecule has 12 heavy (non-hydrogen) atoms. The lowest BCUT2D eigenvalue weighted by atomic mass is 10.2. The molecule has 0 spiro atoms. The fourth-order valence-electron chi connectivity index (χ4n) is 0.964. The van der Waals surface area contributed by atoms with Gasteiger partial charge in [0.1, 0.15) is 0 Å². The van der Waals surface area contributed by atoms with Gasteiger partial charge in [-0.25, -0.2) is 0 Å². The average molecular weight is 170 g/mol. The Morgan fingerprint density at radius 2 is 2.50 bits per heavy atom. The highest BCUT2D eigenvalue weighted by molar-refractivity contribution is 5.00. The highest BCUT2D eigenvalue weighted by Crippen LogP contribution is 2.06. The van der Waals surface area contributed by atoms with Gasteiger partial charge in [0.05, 0.1) is 24.5 Å². The van der Waals surface area contributed by atoms with E-state index in [0.717, 1.165) is 5.69 Å². The number of ether oxygens (including phenoxy) is 1. The summed E-state index contributed by atoms with van der Waals surface area (Å²) in [5, 5.41) is 7.51. The molecule has 0 saturated heterocycles. The summed E-state index contributed by atoms with van der Waals surface area (Å²) in [6, 6.07) is -0.134. The first-order valence-electron chi connectivity index (χ1n) is 3.93. The van der Waals surface area contributed by atoms with Crippen LogP contribution in [-0.4, -0.2) is 28.2 Å². The maximum Gasteiger partial charge on any atom is 0.0774 e. The monoisotopic (exact) mass is 170 g/mol. The van der Waals surface area contributed by atoms with E-state index in [9.17, 15) is 0 Å². The van der Waals surface area contributed by atoms with Gasteiger partial charge in [-0.2, -0.15) is 0 Å². The zero-order valence-electron chi connectivity index (χ0n) is 7.40. The van der Waals surface area contributed by atoms with Crippen LogP contribution in [0.4, 0.5) is 0 Å². The second-order valence-electron chi connectivity index (χ2n) is 2.55. The van der Waals surface area contributed by atoms with Gasteiger partial charge in [0.15, 0.2) is 0 Å². The van der Waals surface area contributed by atoms with Crippen LogP contribution in [0.25, 0.3) is 0 Å². The fourth-order valence-corrected chi connectivity index (χ4v) is 0.964. The lowest BCUT2D eigenvalue weighted by molar-refractivity contribution is 0.131. The Hall–Kier alpha value is -0.940. The third-order valence-corrected chi connectivity index (χ3v) is 1.63. The number of nitrogens with two attached hydrogens (primary N) is 1. The Labute approximate surface area is 71.5 Å². The number of hydrogen-bond acceptors (Lipinski definition) is 4. The molecule has 68 valence electrons. The van der Waals surface area contributed by atoms with E-state index in [4.69, 9.17) is 10.5 Å². The minimum Gasteiger partial charge on any atom is -0.380 e. The molecule has 1 rings (SSSR count). The molecule has 5 heteroatoms. The van der Waals surface area contributed by atoms with Crippen molar-refractivity contribution in [3.63, 3.8) is 0 Å². The summed E-state index contributed by atoms with van der Waals surface area (Å²) >= 11 is 0. The van der Waals surface area contributed by atoms with Crippen molar-refractivity contribution in [2.75, 3.05) is 13.2 Å². The van der Waals surface area contributed by atoms with E-state index < -0.39 is 0 Å². The SMILES string of the molecule is CCOCC(N)c1cnnn1C. The highest BCUT2D eigenvalue weighted by Gasteiger charge is 2.09. The molecule has 1 aromatic heterocycles. The predicted molar refractivity (Wildman–Crippen MR) is 44.4 cm³/mol. The van der Waals surface area contributed by atoms with Crippen LogP contribution in [0.5, 0.6) is 0 Å². The van der Waals surface area contributed by atoms with Gasteiger partial charge >= 0.3 is 0 Å². The zero-order chi connectivity index (χ0) is 8.97. The Balaban J connectivity index is 2.52. The third kappa shape index (κ3) is 2.02. The summed E-state index contributed by atoms with van der Waals surface area (Å²) in [4.78, 5) is 0. The molecule has 1 heterocycles. The van der Waals surface area contributed by atoms with Gasteiger partial charge in [-0.3, -0.25) is 4.68 Å². The van der Waals surface area contributed by atoms with Crippen molar-refractivity contribution >= 4 is 0 Å². The van der Waals surface area contributed by atoms with Crippen LogP contribution in [0.2, 0.25) is 0 Å². The van der Waals surface area contributed by atoms with Gasteiger partial charge in [-0.1, -0.05) is 5.21 Å². The molecular formula is C7H14N4O. The molecule has 5 nitrogen and oxygen atoms in total. The van der Waals surface area contributed by atoms with E-state index in [2.05, 4.69) is 10.3 Å². The molecule has 0 aliphatic heterocycles. The van der Waals surface area contributed by atoms with Gasteiger partial charge < -0.3 is 10.5 Å². The van der Waals surface area contributed by atoms with E-state index in [-0.39, 0.29) is 6.04 Å². The number of hydrogen-bond donors (Lipinski definition) is 1. The van der Waals surface area contributed by atoms with Crippen molar-refractivity contribution in [1.29, 1.82) is 0 Å². The molecule has 1 unspecified atom stereocenters. The molecule has 0 bridgehead atoms.